The normalized spacial score (nSPS) is 11.1. The van der Waals surface area contributed by atoms with Crippen LogP contribution in [0.15, 0.2) is 60.9 Å². The average Bonchev–Trinajstić information content (AvgIpc) is 2.66. The van der Waals surface area contributed by atoms with Gasteiger partial charge in [-0.2, -0.15) is 13.2 Å². The molecular weight excluding hydrogens is 369 g/mol. The molecular formula is C20H17F3N4O. The first-order valence-corrected chi connectivity index (χ1v) is 8.42. The molecule has 0 unspecified atom stereocenters. The number of anilines is 2. The first kappa shape index (κ1) is 19.3. The van der Waals surface area contributed by atoms with E-state index in [0.29, 0.717) is 6.54 Å². The summed E-state index contributed by atoms with van der Waals surface area (Å²) in [7, 11) is 0. The van der Waals surface area contributed by atoms with E-state index in [2.05, 4.69) is 20.6 Å². The van der Waals surface area contributed by atoms with Crippen molar-refractivity contribution in [1.82, 2.24) is 15.3 Å². The number of alkyl halides is 3. The molecule has 144 valence electrons. The molecule has 0 fully saturated rings. The Bertz CT molecular complexity index is 972. The number of amides is 1. The van der Waals surface area contributed by atoms with Gasteiger partial charge >= 0.3 is 6.18 Å². The summed E-state index contributed by atoms with van der Waals surface area (Å²) in [5.74, 6) is -0.316. The summed E-state index contributed by atoms with van der Waals surface area (Å²) in [4.78, 5) is 20.1. The maximum atomic E-state index is 13.0. The molecule has 2 N–H and O–H groups in total. The maximum Gasteiger partial charge on any atom is 0.418 e. The predicted octanol–water partition coefficient (Wildman–Crippen LogP) is 4.48. The van der Waals surface area contributed by atoms with E-state index in [0.717, 1.165) is 17.2 Å². The van der Waals surface area contributed by atoms with Crippen LogP contribution in [-0.2, 0) is 12.7 Å². The van der Waals surface area contributed by atoms with Crippen molar-refractivity contribution in [2.75, 3.05) is 5.32 Å². The van der Waals surface area contributed by atoms with E-state index in [1.54, 1.807) is 0 Å². The van der Waals surface area contributed by atoms with Crippen molar-refractivity contribution in [2.45, 2.75) is 19.6 Å². The molecule has 0 spiro atoms. The van der Waals surface area contributed by atoms with Crippen molar-refractivity contribution in [2.24, 2.45) is 0 Å². The molecule has 0 aliphatic rings. The lowest BCUT2D eigenvalue weighted by molar-refractivity contribution is -0.136. The van der Waals surface area contributed by atoms with Gasteiger partial charge in [-0.25, -0.2) is 9.97 Å². The topological polar surface area (TPSA) is 66.9 Å². The number of benzene rings is 2. The van der Waals surface area contributed by atoms with Gasteiger partial charge in [-0.3, -0.25) is 4.79 Å². The Morgan fingerprint density at radius 3 is 2.50 bits per heavy atom. The molecule has 1 amide bonds. The minimum absolute atomic E-state index is 0.0716. The first-order valence-electron chi connectivity index (χ1n) is 8.42. The van der Waals surface area contributed by atoms with E-state index in [4.69, 9.17) is 0 Å². The number of para-hydroxylation sites is 1. The molecule has 3 aromatic rings. The van der Waals surface area contributed by atoms with Gasteiger partial charge in [0, 0.05) is 6.54 Å². The van der Waals surface area contributed by atoms with Crippen LogP contribution in [0, 0.1) is 6.92 Å². The van der Waals surface area contributed by atoms with Crippen molar-refractivity contribution in [1.29, 1.82) is 0 Å². The summed E-state index contributed by atoms with van der Waals surface area (Å²) in [5, 5.41) is 5.31. The fourth-order valence-electron chi connectivity index (χ4n) is 2.58. The predicted molar refractivity (Wildman–Crippen MR) is 99.1 cm³/mol. The molecule has 5 nitrogen and oxygen atoms in total. The Labute approximate surface area is 159 Å². The SMILES string of the molecule is Cc1cccc(CNC(=O)c2cnc(Nc3ccccc3C(F)(F)F)cn2)c1. The second-order valence-corrected chi connectivity index (χ2v) is 6.13. The molecule has 0 aliphatic heterocycles. The van der Waals surface area contributed by atoms with Gasteiger partial charge in [0.2, 0.25) is 0 Å². The first-order chi connectivity index (χ1) is 13.3. The van der Waals surface area contributed by atoms with Crippen LogP contribution in [-0.4, -0.2) is 15.9 Å². The molecule has 28 heavy (non-hydrogen) atoms. The third kappa shape index (κ3) is 4.85. The Balaban J connectivity index is 1.66. The van der Waals surface area contributed by atoms with Crippen molar-refractivity contribution in [3.63, 3.8) is 0 Å². The molecule has 8 heteroatoms. The van der Waals surface area contributed by atoms with E-state index >= 15 is 0 Å². The molecule has 0 aliphatic carbocycles. The summed E-state index contributed by atoms with van der Waals surface area (Å²) in [5.41, 5.74) is 1.16. The second-order valence-electron chi connectivity index (χ2n) is 6.13. The van der Waals surface area contributed by atoms with Crippen molar-refractivity contribution >= 4 is 17.4 Å². The van der Waals surface area contributed by atoms with E-state index < -0.39 is 17.6 Å². The van der Waals surface area contributed by atoms with Gasteiger partial charge in [-0.05, 0) is 24.6 Å². The molecule has 0 saturated heterocycles. The van der Waals surface area contributed by atoms with Gasteiger partial charge in [-0.15, -0.1) is 0 Å². The lowest BCUT2D eigenvalue weighted by atomic mass is 10.1. The quantitative estimate of drug-likeness (QED) is 0.679. The fourth-order valence-corrected chi connectivity index (χ4v) is 2.58. The highest BCUT2D eigenvalue weighted by atomic mass is 19.4. The van der Waals surface area contributed by atoms with Gasteiger partial charge in [0.15, 0.2) is 0 Å². The zero-order valence-corrected chi connectivity index (χ0v) is 14.9. The van der Waals surface area contributed by atoms with Gasteiger partial charge in [-0.1, -0.05) is 42.0 Å². The number of hydrogen-bond acceptors (Lipinski definition) is 4. The largest absolute Gasteiger partial charge is 0.418 e. The zero-order chi connectivity index (χ0) is 20.1. The number of carbonyl (C=O) groups excluding carboxylic acids is 1. The zero-order valence-electron chi connectivity index (χ0n) is 14.9. The molecule has 0 radical (unpaired) electrons. The highest BCUT2D eigenvalue weighted by Gasteiger charge is 2.33. The Morgan fingerprint density at radius 1 is 1.04 bits per heavy atom. The van der Waals surface area contributed by atoms with Crippen LogP contribution in [0.4, 0.5) is 24.7 Å². The summed E-state index contributed by atoms with van der Waals surface area (Å²) in [6, 6.07) is 12.8. The van der Waals surface area contributed by atoms with Gasteiger partial charge in [0.25, 0.3) is 5.91 Å². The molecule has 1 heterocycles. The number of aryl methyl sites for hydroxylation is 1. The molecule has 0 atom stereocenters. The van der Waals surface area contributed by atoms with E-state index in [1.165, 1.54) is 30.6 Å². The van der Waals surface area contributed by atoms with Crippen LogP contribution in [0.25, 0.3) is 0 Å². The van der Waals surface area contributed by atoms with Gasteiger partial charge in [0.1, 0.15) is 11.5 Å². The minimum atomic E-state index is -4.49. The third-order valence-electron chi connectivity index (χ3n) is 3.92. The number of carbonyl (C=O) groups is 1. The highest BCUT2D eigenvalue weighted by molar-refractivity contribution is 5.92. The molecule has 2 aromatic carbocycles. The number of rotatable bonds is 5. The summed E-state index contributed by atoms with van der Waals surface area (Å²) < 4.78 is 39.1. The van der Waals surface area contributed by atoms with Crippen LogP contribution in [0.3, 0.4) is 0 Å². The number of halogens is 3. The van der Waals surface area contributed by atoms with Crippen LogP contribution in [0.5, 0.6) is 0 Å². The molecule has 0 bridgehead atoms. The standard InChI is InChI=1S/C20H17F3N4O/c1-13-5-4-6-14(9-13)10-26-19(28)17-11-25-18(12-24-17)27-16-8-3-2-7-15(16)20(21,22)23/h2-9,11-12H,10H2,1H3,(H,25,27)(H,26,28). The van der Waals surface area contributed by atoms with Crippen LogP contribution >= 0.6 is 0 Å². The minimum Gasteiger partial charge on any atom is -0.347 e. The monoisotopic (exact) mass is 386 g/mol. The average molecular weight is 386 g/mol. The van der Waals surface area contributed by atoms with E-state index in [-0.39, 0.29) is 17.2 Å². The van der Waals surface area contributed by atoms with Gasteiger partial charge in [0.05, 0.1) is 23.6 Å². The molecule has 0 saturated carbocycles. The number of nitrogens with zero attached hydrogens (tertiary/aromatic N) is 2. The van der Waals surface area contributed by atoms with Crippen LogP contribution < -0.4 is 10.6 Å². The number of hydrogen-bond donors (Lipinski definition) is 2. The van der Waals surface area contributed by atoms with E-state index in [1.807, 2.05) is 31.2 Å². The molecule has 1 aromatic heterocycles. The Kier molecular flexibility index (Phi) is 5.58. The van der Waals surface area contributed by atoms with E-state index in [9.17, 15) is 18.0 Å². The molecule has 3 rings (SSSR count). The highest BCUT2D eigenvalue weighted by Crippen LogP contribution is 2.35. The maximum absolute atomic E-state index is 13.0. The van der Waals surface area contributed by atoms with Crippen LogP contribution in [0.2, 0.25) is 0 Å². The summed E-state index contributed by atoms with van der Waals surface area (Å²) in [6.45, 7) is 2.29. The lowest BCUT2D eigenvalue weighted by Gasteiger charge is -2.13. The van der Waals surface area contributed by atoms with Crippen molar-refractivity contribution < 1.29 is 18.0 Å². The second kappa shape index (κ2) is 8.08. The summed E-state index contributed by atoms with van der Waals surface area (Å²) in [6.07, 6.45) is -2.06. The third-order valence-corrected chi connectivity index (χ3v) is 3.92. The smallest absolute Gasteiger partial charge is 0.347 e. The van der Waals surface area contributed by atoms with Crippen molar-refractivity contribution in [3.8, 4) is 0 Å². The van der Waals surface area contributed by atoms with Gasteiger partial charge < -0.3 is 10.6 Å². The lowest BCUT2D eigenvalue weighted by Crippen LogP contribution is -2.24. The summed E-state index contributed by atoms with van der Waals surface area (Å²) >= 11 is 0. The Hall–Kier alpha value is -3.42. The van der Waals surface area contributed by atoms with Crippen LogP contribution in [0.1, 0.15) is 27.2 Å². The fraction of sp³-hybridized carbons (Fsp3) is 0.150. The Morgan fingerprint density at radius 2 is 1.82 bits per heavy atom. The number of aromatic nitrogens is 2. The number of nitrogens with one attached hydrogen (secondary N) is 2. The van der Waals surface area contributed by atoms with Crippen molar-refractivity contribution in [3.05, 3.63) is 83.3 Å².